The van der Waals surface area contributed by atoms with Crippen LogP contribution in [0.15, 0.2) is 6.33 Å². The molecule has 0 spiro atoms. The second-order valence-electron chi connectivity index (χ2n) is 5.65. The molecule has 0 saturated heterocycles. The van der Waals surface area contributed by atoms with Crippen molar-refractivity contribution in [2.45, 2.75) is 40.2 Å². The third-order valence-electron chi connectivity index (χ3n) is 3.28. The van der Waals surface area contributed by atoms with E-state index in [1.807, 2.05) is 6.92 Å². The standard InChI is InChI=1S/C14H19N3O2S/c1-6-17(14(3,4)5)11-9-8(2)10(13(18)19)20-12(9)16-7-15-11/h7H,6H2,1-5H3,(H,18,19). The van der Waals surface area contributed by atoms with E-state index in [2.05, 4.69) is 42.6 Å². The molecule has 1 N–H and O–H groups in total. The summed E-state index contributed by atoms with van der Waals surface area (Å²) in [5, 5.41) is 10.1. The normalized spacial score (nSPS) is 11.8. The Morgan fingerprint density at radius 1 is 1.40 bits per heavy atom. The number of carboxylic acid groups (broad SMARTS) is 1. The van der Waals surface area contributed by atoms with Gasteiger partial charge in [0.25, 0.3) is 0 Å². The lowest BCUT2D eigenvalue weighted by atomic mass is 10.0. The van der Waals surface area contributed by atoms with Crippen LogP contribution in [0.5, 0.6) is 0 Å². The van der Waals surface area contributed by atoms with Gasteiger partial charge in [-0.1, -0.05) is 0 Å². The van der Waals surface area contributed by atoms with E-state index < -0.39 is 5.97 Å². The zero-order chi connectivity index (χ0) is 15.1. The van der Waals surface area contributed by atoms with Gasteiger partial charge in [-0.3, -0.25) is 0 Å². The van der Waals surface area contributed by atoms with Crippen LogP contribution >= 0.6 is 11.3 Å². The molecule has 0 aliphatic rings. The molecule has 0 amide bonds. The van der Waals surface area contributed by atoms with Crippen molar-refractivity contribution in [1.29, 1.82) is 0 Å². The molecule has 0 bridgehead atoms. The zero-order valence-electron chi connectivity index (χ0n) is 12.4. The van der Waals surface area contributed by atoms with Crippen molar-refractivity contribution < 1.29 is 9.90 Å². The first-order valence-electron chi connectivity index (χ1n) is 6.52. The second-order valence-corrected chi connectivity index (χ2v) is 6.65. The van der Waals surface area contributed by atoms with Crippen LogP contribution in [-0.2, 0) is 0 Å². The van der Waals surface area contributed by atoms with Crippen LogP contribution in [0.25, 0.3) is 10.2 Å². The summed E-state index contributed by atoms with van der Waals surface area (Å²) in [6.45, 7) is 11.0. The van der Waals surface area contributed by atoms with E-state index in [1.54, 1.807) is 0 Å². The van der Waals surface area contributed by atoms with Crippen LogP contribution in [0.1, 0.15) is 42.9 Å². The van der Waals surface area contributed by atoms with Crippen molar-refractivity contribution >= 4 is 33.3 Å². The molecule has 0 atom stereocenters. The first-order chi connectivity index (χ1) is 9.27. The van der Waals surface area contributed by atoms with Crippen LogP contribution in [0.2, 0.25) is 0 Å². The van der Waals surface area contributed by atoms with E-state index in [1.165, 1.54) is 17.7 Å². The average molecular weight is 293 g/mol. The maximum absolute atomic E-state index is 11.3. The molecular weight excluding hydrogens is 274 g/mol. The van der Waals surface area contributed by atoms with Crippen molar-refractivity contribution in [2.75, 3.05) is 11.4 Å². The van der Waals surface area contributed by atoms with Crippen LogP contribution in [0.4, 0.5) is 5.82 Å². The Labute approximate surface area is 122 Å². The SMILES string of the molecule is CCN(c1ncnc2sc(C(=O)O)c(C)c12)C(C)(C)C. The summed E-state index contributed by atoms with van der Waals surface area (Å²) >= 11 is 1.21. The van der Waals surface area contributed by atoms with E-state index in [0.29, 0.717) is 4.88 Å². The summed E-state index contributed by atoms with van der Waals surface area (Å²) in [6.07, 6.45) is 1.51. The van der Waals surface area contributed by atoms with E-state index in [4.69, 9.17) is 0 Å². The molecule has 0 unspecified atom stereocenters. The lowest BCUT2D eigenvalue weighted by Gasteiger charge is -2.36. The van der Waals surface area contributed by atoms with E-state index in [0.717, 1.165) is 28.1 Å². The topological polar surface area (TPSA) is 66.3 Å². The number of aromatic nitrogens is 2. The van der Waals surface area contributed by atoms with Gasteiger partial charge in [-0.25, -0.2) is 14.8 Å². The third kappa shape index (κ3) is 2.35. The fraction of sp³-hybridized carbons (Fsp3) is 0.500. The minimum atomic E-state index is -0.907. The summed E-state index contributed by atoms with van der Waals surface area (Å²) in [4.78, 5) is 23.2. The van der Waals surface area contributed by atoms with Gasteiger partial charge in [0.05, 0.1) is 5.39 Å². The van der Waals surface area contributed by atoms with Crippen LogP contribution in [0, 0.1) is 6.92 Å². The molecule has 2 aromatic rings. The van der Waals surface area contributed by atoms with Crippen molar-refractivity contribution in [3.05, 3.63) is 16.8 Å². The summed E-state index contributed by atoms with van der Waals surface area (Å²) in [6, 6.07) is 0. The molecule has 0 radical (unpaired) electrons. The number of aromatic carboxylic acids is 1. The number of carbonyl (C=O) groups is 1. The fourth-order valence-electron chi connectivity index (χ4n) is 2.40. The summed E-state index contributed by atoms with van der Waals surface area (Å²) in [5.74, 6) is -0.0958. The van der Waals surface area contributed by atoms with Crippen molar-refractivity contribution in [3.63, 3.8) is 0 Å². The lowest BCUT2D eigenvalue weighted by molar-refractivity contribution is 0.0701. The number of fused-ring (bicyclic) bond motifs is 1. The average Bonchev–Trinajstić information content (AvgIpc) is 2.67. The predicted octanol–water partition coefficient (Wildman–Crippen LogP) is 3.32. The molecule has 6 heteroatoms. The van der Waals surface area contributed by atoms with Crippen LogP contribution < -0.4 is 4.90 Å². The minimum Gasteiger partial charge on any atom is -0.477 e. The minimum absolute atomic E-state index is 0.0895. The number of nitrogens with zero attached hydrogens (tertiary/aromatic N) is 3. The number of rotatable bonds is 3. The molecule has 0 fully saturated rings. The predicted molar refractivity (Wildman–Crippen MR) is 81.9 cm³/mol. The first kappa shape index (κ1) is 14.7. The number of aryl methyl sites for hydroxylation is 1. The summed E-state index contributed by atoms with van der Waals surface area (Å²) in [7, 11) is 0. The van der Waals surface area contributed by atoms with E-state index in [-0.39, 0.29) is 5.54 Å². The monoisotopic (exact) mass is 293 g/mol. The number of thiophene rings is 1. The lowest BCUT2D eigenvalue weighted by Crippen LogP contribution is -2.42. The Kier molecular flexibility index (Phi) is 3.69. The van der Waals surface area contributed by atoms with Gasteiger partial charge in [-0.05, 0) is 40.2 Å². The van der Waals surface area contributed by atoms with E-state index in [9.17, 15) is 9.90 Å². The van der Waals surface area contributed by atoms with Crippen LogP contribution in [0.3, 0.4) is 0 Å². The maximum Gasteiger partial charge on any atom is 0.346 e. The molecule has 2 aromatic heterocycles. The molecule has 0 aromatic carbocycles. The molecule has 2 heterocycles. The van der Waals surface area contributed by atoms with Gasteiger partial charge >= 0.3 is 5.97 Å². The van der Waals surface area contributed by atoms with Gasteiger partial charge in [0.2, 0.25) is 0 Å². The Morgan fingerprint density at radius 2 is 2.05 bits per heavy atom. The smallest absolute Gasteiger partial charge is 0.346 e. The number of hydrogen-bond acceptors (Lipinski definition) is 5. The Balaban J connectivity index is 2.74. The highest BCUT2D eigenvalue weighted by Gasteiger charge is 2.26. The molecule has 20 heavy (non-hydrogen) atoms. The molecule has 108 valence electrons. The Morgan fingerprint density at radius 3 is 2.55 bits per heavy atom. The highest BCUT2D eigenvalue weighted by Crippen LogP contribution is 2.36. The van der Waals surface area contributed by atoms with Crippen LogP contribution in [-0.4, -0.2) is 33.1 Å². The van der Waals surface area contributed by atoms with Gasteiger partial charge in [0.1, 0.15) is 21.9 Å². The Hall–Kier alpha value is -1.69. The molecule has 0 aliphatic heterocycles. The second kappa shape index (κ2) is 5.01. The number of anilines is 1. The molecule has 5 nitrogen and oxygen atoms in total. The van der Waals surface area contributed by atoms with Gasteiger partial charge in [-0.2, -0.15) is 0 Å². The van der Waals surface area contributed by atoms with Gasteiger partial charge in [-0.15, -0.1) is 11.3 Å². The summed E-state index contributed by atoms with van der Waals surface area (Å²) in [5.41, 5.74) is 0.657. The molecule has 0 aliphatic carbocycles. The van der Waals surface area contributed by atoms with Crippen molar-refractivity contribution in [3.8, 4) is 0 Å². The van der Waals surface area contributed by atoms with Crippen molar-refractivity contribution in [2.24, 2.45) is 0 Å². The van der Waals surface area contributed by atoms with Gasteiger partial charge in [0.15, 0.2) is 0 Å². The first-order valence-corrected chi connectivity index (χ1v) is 7.34. The fourth-order valence-corrected chi connectivity index (χ4v) is 3.39. The Bertz CT molecular complexity index is 658. The van der Waals surface area contributed by atoms with Gasteiger partial charge in [0, 0.05) is 12.1 Å². The summed E-state index contributed by atoms with van der Waals surface area (Å²) < 4.78 is 0. The zero-order valence-corrected chi connectivity index (χ0v) is 13.2. The quantitative estimate of drug-likeness (QED) is 0.940. The maximum atomic E-state index is 11.3. The largest absolute Gasteiger partial charge is 0.477 e. The highest BCUT2D eigenvalue weighted by atomic mass is 32.1. The number of carboxylic acids is 1. The highest BCUT2D eigenvalue weighted by molar-refractivity contribution is 7.20. The number of hydrogen-bond donors (Lipinski definition) is 1. The third-order valence-corrected chi connectivity index (χ3v) is 4.47. The molecule has 2 rings (SSSR count). The molecular formula is C14H19N3O2S. The van der Waals surface area contributed by atoms with Crippen molar-refractivity contribution in [1.82, 2.24) is 9.97 Å². The van der Waals surface area contributed by atoms with Gasteiger partial charge < -0.3 is 10.0 Å². The van der Waals surface area contributed by atoms with E-state index >= 15 is 0 Å². The molecule has 0 saturated carbocycles.